The number of hydrogen-bond donors (Lipinski definition) is 2. The quantitative estimate of drug-likeness (QED) is 0.346. The summed E-state index contributed by atoms with van der Waals surface area (Å²) in [5.74, 6) is -0.636. The maximum absolute atomic E-state index is 14.5. The summed E-state index contributed by atoms with van der Waals surface area (Å²) in [4.78, 5) is 29.5. The molecule has 3 aromatic carbocycles. The van der Waals surface area contributed by atoms with Crippen LogP contribution in [-0.4, -0.2) is 31.8 Å². The van der Waals surface area contributed by atoms with E-state index < -0.39 is 5.56 Å². The van der Waals surface area contributed by atoms with E-state index in [-0.39, 0.29) is 24.8 Å². The summed E-state index contributed by atoms with van der Waals surface area (Å²) < 4.78 is 17.4. The van der Waals surface area contributed by atoms with Crippen molar-refractivity contribution in [1.82, 2.24) is 24.6 Å². The number of rotatable bonds is 7. The fourth-order valence-corrected chi connectivity index (χ4v) is 4.93. The van der Waals surface area contributed by atoms with Crippen molar-refractivity contribution in [2.45, 2.75) is 19.5 Å². The molecule has 37 heavy (non-hydrogen) atoms. The van der Waals surface area contributed by atoms with Gasteiger partial charge in [0.05, 0.1) is 12.7 Å². The Hall–Kier alpha value is -4.72. The van der Waals surface area contributed by atoms with Crippen LogP contribution in [0, 0.1) is 5.82 Å². The molecule has 0 atom stereocenters. The zero-order valence-electron chi connectivity index (χ0n) is 19.9. The molecule has 0 unspecified atom stereocenters. The van der Waals surface area contributed by atoms with Gasteiger partial charge in [-0.15, -0.1) is 0 Å². The van der Waals surface area contributed by atoms with Crippen LogP contribution in [-0.2, 0) is 24.3 Å². The summed E-state index contributed by atoms with van der Waals surface area (Å²) in [5, 5.41) is 9.83. The van der Waals surface area contributed by atoms with Crippen molar-refractivity contribution in [2.24, 2.45) is 0 Å². The lowest BCUT2D eigenvalue weighted by atomic mass is 10.1. The molecule has 7 nitrogen and oxygen atoms in total. The highest BCUT2D eigenvalue weighted by atomic mass is 19.1. The highest BCUT2D eigenvalue weighted by molar-refractivity contribution is 6.07. The number of H-pyrrole nitrogens is 1. The number of nitrogens with zero attached hydrogens (tertiary/aromatic N) is 3. The summed E-state index contributed by atoms with van der Waals surface area (Å²) in [7, 11) is 0. The van der Waals surface area contributed by atoms with Crippen molar-refractivity contribution in [1.29, 1.82) is 0 Å². The van der Waals surface area contributed by atoms with Crippen LogP contribution in [0.25, 0.3) is 32.7 Å². The molecule has 6 aromatic rings. The number of aromatic nitrogens is 4. The number of hydrogen-bond acceptors (Lipinski definition) is 3. The lowest BCUT2D eigenvalue weighted by molar-refractivity contribution is -0.121. The molecule has 3 aromatic heterocycles. The van der Waals surface area contributed by atoms with Crippen molar-refractivity contribution in [3.63, 3.8) is 0 Å². The minimum absolute atomic E-state index is 0.187. The Kier molecular flexibility index (Phi) is 5.76. The molecule has 0 aliphatic carbocycles. The first-order chi connectivity index (χ1) is 18.1. The Morgan fingerprint density at radius 1 is 0.919 bits per heavy atom. The third-order valence-electron chi connectivity index (χ3n) is 6.74. The number of nitrogens with one attached hydrogen (secondary N) is 2. The van der Waals surface area contributed by atoms with Gasteiger partial charge in [0.1, 0.15) is 17.9 Å². The molecule has 3 heterocycles. The van der Waals surface area contributed by atoms with Crippen LogP contribution in [0.15, 0.2) is 90.0 Å². The number of aromatic amines is 1. The molecule has 0 saturated heterocycles. The average molecular weight is 494 g/mol. The van der Waals surface area contributed by atoms with E-state index in [1.165, 1.54) is 10.7 Å². The topological polar surface area (TPSA) is 84.7 Å². The largest absolute Gasteiger partial charge is 0.361 e. The summed E-state index contributed by atoms with van der Waals surface area (Å²) in [5.41, 5.74) is 3.45. The second-order valence-corrected chi connectivity index (χ2v) is 9.02. The van der Waals surface area contributed by atoms with Crippen LogP contribution in [0.1, 0.15) is 11.1 Å². The molecule has 0 spiro atoms. The minimum atomic E-state index is -0.392. The number of carbonyl (C=O) groups excluding carboxylic acids is 1. The van der Waals surface area contributed by atoms with Gasteiger partial charge in [-0.1, -0.05) is 54.6 Å². The molecule has 0 radical (unpaired) electrons. The van der Waals surface area contributed by atoms with Gasteiger partial charge in [0.25, 0.3) is 5.56 Å². The second-order valence-electron chi connectivity index (χ2n) is 9.02. The third kappa shape index (κ3) is 4.16. The van der Waals surface area contributed by atoms with E-state index >= 15 is 0 Å². The highest BCUT2D eigenvalue weighted by Crippen LogP contribution is 2.27. The Morgan fingerprint density at radius 2 is 1.68 bits per heavy atom. The van der Waals surface area contributed by atoms with Crippen molar-refractivity contribution < 1.29 is 9.18 Å². The van der Waals surface area contributed by atoms with Gasteiger partial charge in [0.2, 0.25) is 5.91 Å². The zero-order chi connectivity index (χ0) is 25.4. The maximum atomic E-state index is 14.5. The van der Waals surface area contributed by atoms with Gasteiger partial charge < -0.3 is 14.9 Å². The van der Waals surface area contributed by atoms with Gasteiger partial charge in [0, 0.05) is 45.5 Å². The molecule has 0 bridgehead atoms. The Balaban J connectivity index is 1.27. The van der Waals surface area contributed by atoms with Gasteiger partial charge in [-0.05, 0) is 30.2 Å². The molecular weight excluding hydrogens is 469 g/mol. The molecule has 0 fully saturated rings. The molecule has 8 heteroatoms. The number of carbonyl (C=O) groups is 1. The molecule has 184 valence electrons. The van der Waals surface area contributed by atoms with Crippen LogP contribution < -0.4 is 10.9 Å². The van der Waals surface area contributed by atoms with E-state index in [0.29, 0.717) is 29.4 Å². The van der Waals surface area contributed by atoms with Crippen LogP contribution in [0.4, 0.5) is 4.39 Å². The Labute approximate surface area is 211 Å². The Morgan fingerprint density at radius 3 is 2.54 bits per heavy atom. The molecular formula is C29H24FN5O2. The molecule has 0 aliphatic rings. The van der Waals surface area contributed by atoms with Crippen molar-refractivity contribution >= 4 is 38.6 Å². The smallest absolute Gasteiger partial charge is 0.291 e. The first-order valence-electron chi connectivity index (χ1n) is 12.1. The van der Waals surface area contributed by atoms with Gasteiger partial charge in [-0.25, -0.2) is 9.07 Å². The summed E-state index contributed by atoms with van der Waals surface area (Å²) in [6.45, 7) is 0.419. The van der Waals surface area contributed by atoms with Crippen LogP contribution in [0.3, 0.4) is 0 Å². The predicted molar refractivity (Wildman–Crippen MR) is 142 cm³/mol. The van der Waals surface area contributed by atoms with E-state index in [2.05, 4.69) is 15.4 Å². The van der Waals surface area contributed by atoms with Gasteiger partial charge in [-0.2, -0.15) is 5.10 Å². The average Bonchev–Trinajstić information content (AvgIpc) is 3.47. The normalized spacial score (nSPS) is 11.5. The monoisotopic (exact) mass is 493 g/mol. The maximum Gasteiger partial charge on any atom is 0.291 e. The summed E-state index contributed by atoms with van der Waals surface area (Å²) in [6, 6.07) is 22.1. The lowest BCUT2D eigenvalue weighted by Gasteiger charge is -2.10. The second kappa shape index (κ2) is 9.39. The first kappa shape index (κ1) is 22.7. The Bertz CT molecular complexity index is 1830. The van der Waals surface area contributed by atoms with E-state index in [4.69, 9.17) is 0 Å². The standard InChI is InChI=1S/C29H24FN5O2/c30-24-10-4-1-7-20(24)17-34-26-12-6-3-9-22(26)23-16-33-35(29(37)28(23)34)18-27(36)31-14-13-19-15-32-25-11-5-2-8-21(19)25/h1-12,15-16,32H,13-14,17-18H2,(H,31,36). The van der Waals surface area contributed by atoms with Gasteiger partial charge in [-0.3, -0.25) is 9.59 Å². The third-order valence-corrected chi connectivity index (χ3v) is 6.74. The SMILES string of the molecule is O=C(Cn1ncc2c3ccccc3n(Cc3ccccc3F)c2c1=O)NCCc1c[nH]c2ccccc12. The minimum Gasteiger partial charge on any atom is -0.361 e. The van der Waals surface area contributed by atoms with E-state index in [0.717, 1.165) is 27.4 Å². The number of benzene rings is 3. The molecule has 1 amide bonds. The summed E-state index contributed by atoms with van der Waals surface area (Å²) in [6.07, 6.45) is 4.22. The van der Waals surface area contributed by atoms with Crippen molar-refractivity contribution in [3.8, 4) is 0 Å². The van der Waals surface area contributed by atoms with Gasteiger partial charge in [0.15, 0.2) is 0 Å². The van der Waals surface area contributed by atoms with Gasteiger partial charge >= 0.3 is 0 Å². The van der Waals surface area contributed by atoms with E-state index in [9.17, 15) is 14.0 Å². The van der Waals surface area contributed by atoms with Crippen LogP contribution >= 0.6 is 0 Å². The summed E-state index contributed by atoms with van der Waals surface area (Å²) >= 11 is 0. The van der Waals surface area contributed by atoms with E-state index in [1.807, 2.05) is 54.7 Å². The lowest BCUT2D eigenvalue weighted by Crippen LogP contribution is -2.35. The van der Waals surface area contributed by atoms with E-state index in [1.54, 1.807) is 29.0 Å². The first-order valence-corrected chi connectivity index (χ1v) is 12.1. The fraction of sp³-hybridized carbons (Fsp3) is 0.138. The molecule has 6 rings (SSSR count). The predicted octanol–water partition coefficient (Wildman–Crippen LogP) is 4.38. The number of amides is 1. The van der Waals surface area contributed by atoms with Crippen LogP contribution in [0.2, 0.25) is 0 Å². The van der Waals surface area contributed by atoms with Crippen molar-refractivity contribution in [2.75, 3.05) is 6.54 Å². The molecule has 0 aliphatic heterocycles. The van der Waals surface area contributed by atoms with Crippen LogP contribution in [0.5, 0.6) is 0 Å². The molecule has 2 N–H and O–H groups in total. The van der Waals surface area contributed by atoms with Crippen molar-refractivity contribution in [3.05, 3.63) is 112 Å². The number of halogens is 1. The molecule has 0 saturated carbocycles. The number of fused-ring (bicyclic) bond motifs is 4. The fourth-order valence-electron chi connectivity index (χ4n) is 4.93. The zero-order valence-corrected chi connectivity index (χ0v) is 19.9. The number of para-hydroxylation sites is 2. The highest BCUT2D eigenvalue weighted by Gasteiger charge is 2.18.